The molecule has 0 atom stereocenters. The fourth-order valence-corrected chi connectivity index (χ4v) is 7.63. The molecule has 17 nitrogen and oxygen atoms in total. The predicted octanol–water partition coefficient (Wildman–Crippen LogP) is 11.0. The quantitative estimate of drug-likeness (QED) is 0.0853. The number of aromatic nitrogens is 6. The Bertz CT molecular complexity index is 2810. The van der Waals surface area contributed by atoms with Gasteiger partial charge >= 0.3 is 0 Å². The van der Waals surface area contributed by atoms with Crippen LogP contribution in [-0.4, -0.2) is 72.6 Å². The first-order chi connectivity index (χ1) is 34.3. The number of nitriles is 3. The van der Waals surface area contributed by atoms with E-state index in [1.54, 1.807) is 79.1 Å². The first-order valence-corrected chi connectivity index (χ1v) is 24.5. The molecule has 388 valence electrons. The van der Waals surface area contributed by atoms with E-state index in [1.807, 2.05) is 67.6 Å². The van der Waals surface area contributed by atoms with Gasteiger partial charge < -0.3 is 39.9 Å². The lowest BCUT2D eigenvalue weighted by Gasteiger charge is -2.07. The summed E-state index contributed by atoms with van der Waals surface area (Å²) < 4.78 is 32.7. The van der Waals surface area contributed by atoms with Crippen molar-refractivity contribution in [2.45, 2.75) is 64.0 Å². The molecule has 2 fully saturated rings. The maximum absolute atomic E-state index is 8.67. The van der Waals surface area contributed by atoms with Crippen LogP contribution in [0.15, 0.2) is 88.6 Å². The highest BCUT2D eigenvalue weighted by molar-refractivity contribution is 14.1. The van der Waals surface area contributed by atoms with Gasteiger partial charge in [-0.25, -0.2) is 19.9 Å². The first-order valence-electron chi connectivity index (χ1n) is 21.8. The number of nitrogens with zero attached hydrogens (tertiary/aromatic N) is 9. The van der Waals surface area contributed by atoms with E-state index in [4.69, 9.17) is 55.7 Å². The van der Waals surface area contributed by atoms with Crippen molar-refractivity contribution in [3.05, 3.63) is 144 Å². The smallest absolute Gasteiger partial charge is 0.151 e. The standard InChI is InChI=1S/C10H14N2O.C10H10N2O.C9H14N2O.C9H8N2O.C7H5BrN2O.C6H5BrINO.2ClH/c2*1-13-9-5-4-8(6-11)12-10(9)7-2-3-7;2*1-3-8-9(12-2)5-4-7(6-10)11-8;1-11-6-3-2-5(4-9)10-7(6)8;1-10-4-2-3-5(8)9-6(4)7;;/h4-5,7H,2-3,6,11H2,1H3;4-5,7H,2-3H2,1H3;4-5H,3,6,10H2,1-2H3;3-5H,1H2,2H3;2-3H,1H3;2-3H,1H3;2*1H. The molecular formula is C51H58Br2Cl2IN11O6. The van der Waals surface area contributed by atoms with Crippen LogP contribution in [0.4, 0.5) is 0 Å². The van der Waals surface area contributed by atoms with Crippen LogP contribution in [0, 0.1) is 37.7 Å². The third-order valence-corrected chi connectivity index (χ3v) is 11.6. The number of nitrogens with two attached hydrogens (primary N) is 2. The molecule has 0 unspecified atom stereocenters. The molecule has 0 aromatic carbocycles. The molecule has 2 saturated carbocycles. The largest absolute Gasteiger partial charge is 0.495 e. The van der Waals surface area contributed by atoms with Crippen LogP contribution in [0.3, 0.4) is 0 Å². The van der Waals surface area contributed by atoms with E-state index in [0.717, 1.165) is 79.0 Å². The third-order valence-electron chi connectivity index (χ3n) is 9.84. The van der Waals surface area contributed by atoms with Crippen molar-refractivity contribution in [1.29, 1.82) is 15.8 Å². The van der Waals surface area contributed by atoms with E-state index < -0.39 is 0 Å². The van der Waals surface area contributed by atoms with Gasteiger partial charge in [-0.05, 0) is 165 Å². The van der Waals surface area contributed by atoms with Crippen LogP contribution in [0.1, 0.15) is 95.7 Å². The number of hydrogen-bond acceptors (Lipinski definition) is 17. The second-order valence-electron chi connectivity index (χ2n) is 14.6. The Balaban J connectivity index is 0.000000437. The summed E-state index contributed by atoms with van der Waals surface area (Å²) in [7, 11) is 9.69. The predicted molar refractivity (Wildman–Crippen MR) is 301 cm³/mol. The number of pyridine rings is 6. The summed E-state index contributed by atoms with van der Waals surface area (Å²) in [5.41, 5.74) is 17.7. The Labute approximate surface area is 470 Å². The molecule has 2 aliphatic rings. The second-order valence-corrected chi connectivity index (χ2v) is 17.2. The lowest BCUT2D eigenvalue weighted by atomic mass is 10.2. The van der Waals surface area contributed by atoms with Crippen molar-refractivity contribution in [1.82, 2.24) is 29.9 Å². The van der Waals surface area contributed by atoms with Crippen molar-refractivity contribution in [3.8, 4) is 52.7 Å². The fourth-order valence-electron chi connectivity index (χ4n) is 5.90. The molecule has 4 N–H and O–H groups in total. The minimum absolute atomic E-state index is 0. The second kappa shape index (κ2) is 35.3. The maximum Gasteiger partial charge on any atom is 0.151 e. The zero-order chi connectivity index (χ0) is 52.3. The van der Waals surface area contributed by atoms with Crippen molar-refractivity contribution in [3.63, 3.8) is 0 Å². The Hall–Kier alpha value is -5.90. The fraction of sp³-hybridized carbons (Fsp3) is 0.314. The van der Waals surface area contributed by atoms with Gasteiger partial charge in [0.15, 0.2) is 11.5 Å². The monoisotopic (exact) mass is 1280 g/mol. The minimum Gasteiger partial charge on any atom is -0.495 e. The molecule has 0 aliphatic heterocycles. The molecule has 0 amide bonds. The molecule has 0 radical (unpaired) electrons. The molecule has 0 bridgehead atoms. The van der Waals surface area contributed by atoms with Crippen molar-refractivity contribution < 1.29 is 28.4 Å². The summed E-state index contributed by atoms with van der Waals surface area (Å²) in [6.45, 7) is 6.60. The van der Waals surface area contributed by atoms with Gasteiger partial charge in [-0.3, -0.25) is 9.97 Å². The summed E-state index contributed by atoms with van der Waals surface area (Å²) in [6, 6.07) is 27.4. The number of hydrogen-bond donors (Lipinski definition) is 2. The number of methoxy groups -OCH3 is 6. The zero-order valence-electron chi connectivity index (χ0n) is 41.4. The number of ether oxygens (including phenoxy) is 6. The summed E-state index contributed by atoms with van der Waals surface area (Å²) in [6.07, 6.45) is 7.22. The van der Waals surface area contributed by atoms with Gasteiger partial charge in [0.1, 0.15) is 76.9 Å². The first kappa shape index (κ1) is 65.1. The Morgan fingerprint density at radius 3 is 1.34 bits per heavy atom. The van der Waals surface area contributed by atoms with Crippen molar-refractivity contribution in [2.24, 2.45) is 11.5 Å². The molecule has 2 aliphatic carbocycles. The van der Waals surface area contributed by atoms with E-state index in [0.29, 0.717) is 63.8 Å². The van der Waals surface area contributed by atoms with Crippen LogP contribution in [0.5, 0.6) is 34.5 Å². The zero-order valence-corrected chi connectivity index (χ0v) is 48.4. The topological polar surface area (TPSA) is 256 Å². The highest BCUT2D eigenvalue weighted by atomic mass is 127. The Morgan fingerprint density at radius 2 is 0.932 bits per heavy atom. The molecule has 0 saturated heterocycles. The molecule has 73 heavy (non-hydrogen) atoms. The Kier molecular flexibility index (Phi) is 31.5. The summed E-state index contributed by atoms with van der Waals surface area (Å²) in [4.78, 5) is 25.0. The summed E-state index contributed by atoms with van der Waals surface area (Å²) in [5.74, 6) is 5.70. The van der Waals surface area contributed by atoms with E-state index >= 15 is 0 Å². The van der Waals surface area contributed by atoms with Crippen LogP contribution < -0.4 is 39.9 Å². The van der Waals surface area contributed by atoms with Gasteiger partial charge in [-0.1, -0.05) is 13.5 Å². The molecule has 6 aromatic rings. The normalized spacial score (nSPS) is 11.2. The SMILES string of the molecule is C=Cc1nc(C#N)ccc1OC.CCc1nc(CN)ccc1OC.COc1ccc(C#N)nc1Br.COc1ccc(C#N)nc1C1CC1.COc1ccc(CN)nc1C1CC1.COc1ccc(I)nc1Br.Cl.Cl. The average molecular weight is 1280 g/mol. The van der Waals surface area contributed by atoms with E-state index in [9.17, 15) is 0 Å². The molecule has 22 heteroatoms. The molecular weight excluding hydrogens is 1220 g/mol. The number of rotatable bonds is 12. The highest BCUT2D eigenvalue weighted by Gasteiger charge is 2.29. The van der Waals surface area contributed by atoms with Gasteiger partial charge in [0.05, 0.1) is 71.1 Å². The van der Waals surface area contributed by atoms with E-state index in [-0.39, 0.29) is 24.8 Å². The average Bonchev–Trinajstić information content (AvgIpc) is 4.37. The minimum atomic E-state index is 0. The van der Waals surface area contributed by atoms with Gasteiger partial charge in [-0.15, -0.1) is 24.8 Å². The molecule has 6 heterocycles. The van der Waals surface area contributed by atoms with Gasteiger partial charge in [-0.2, -0.15) is 15.8 Å². The van der Waals surface area contributed by atoms with Gasteiger partial charge in [0, 0.05) is 24.9 Å². The maximum atomic E-state index is 8.67. The molecule has 0 spiro atoms. The van der Waals surface area contributed by atoms with Crippen LogP contribution in [0.2, 0.25) is 0 Å². The van der Waals surface area contributed by atoms with Crippen LogP contribution in [0.25, 0.3) is 6.08 Å². The summed E-state index contributed by atoms with van der Waals surface area (Å²) >= 11 is 8.57. The lowest BCUT2D eigenvalue weighted by molar-refractivity contribution is 0.406. The van der Waals surface area contributed by atoms with Crippen molar-refractivity contribution in [2.75, 3.05) is 42.7 Å². The number of aryl methyl sites for hydroxylation is 1. The van der Waals surface area contributed by atoms with E-state index in [1.165, 1.54) is 12.8 Å². The third kappa shape index (κ3) is 21.6. The lowest BCUT2D eigenvalue weighted by Crippen LogP contribution is -2.03. The van der Waals surface area contributed by atoms with Crippen LogP contribution >= 0.6 is 79.3 Å². The number of halogens is 5. The van der Waals surface area contributed by atoms with Gasteiger partial charge in [0.25, 0.3) is 0 Å². The van der Waals surface area contributed by atoms with E-state index in [2.05, 4.69) is 90.9 Å². The molecule has 8 rings (SSSR count). The van der Waals surface area contributed by atoms with Gasteiger partial charge in [0.2, 0.25) is 0 Å². The van der Waals surface area contributed by atoms with Crippen LogP contribution in [-0.2, 0) is 19.5 Å². The van der Waals surface area contributed by atoms with Crippen molar-refractivity contribution >= 4 is 85.3 Å². The molecule has 6 aromatic heterocycles. The highest BCUT2D eigenvalue weighted by Crippen LogP contribution is 2.44. The summed E-state index contributed by atoms with van der Waals surface area (Å²) in [5, 5.41) is 25.7. The Morgan fingerprint density at radius 1 is 0.548 bits per heavy atom.